The summed E-state index contributed by atoms with van der Waals surface area (Å²) in [4.78, 5) is 12.7. The van der Waals surface area contributed by atoms with Crippen molar-refractivity contribution in [1.29, 1.82) is 0 Å². The van der Waals surface area contributed by atoms with Gasteiger partial charge in [-0.15, -0.1) is 0 Å². The number of furan rings is 1. The van der Waals surface area contributed by atoms with Crippen LogP contribution in [0.4, 0.5) is 0 Å². The summed E-state index contributed by atoms with van der Waals surface area (Å²) in [6.45, 7) is 4.71. The second-order valence-electron chi connectivity index (χ2n) is 10.3. The fourth-order valence-corrected chi connectivity index (χ4v) is 5.54. The van der Waals surface area contributed by atoms with Gasteiger partial charge in [0.05, 0.1) is 13.3 Å². The number of hydrazone groups is 1. The molecule has 12 heteroatoms. The molecule has 46 heavy (non-hydrogen) atoms. The molecule has 5 aromatic rings. The molecule has 0 atom stereocenters. The summed E-state index contributed by atoms with van der Waals surface area (Å²) in [5.41, 5.74) is 7.26. The number of hydrogen-bond acceptors (Lipinski definition) is 8. The van der Waals surface area contributed by atoms with Crippen molar-refractivity contribution >= 4 is 39.7 Å². The van der Waals surface area contributed by atoms with Crippen molar-refractivity contribution in [3.05, 3.63) is 116 Å². The molecule has 3 heterocycles. The Kier molecular flexibility index (Phi) is 9.23. The molecule has 0 bridgehead atoms. The van der Waals surface area contributed by atoms with E-state index in [9.17, 15) is 4.79 Å². The summed E-state index contributed by atoms with van der Waals surface area (Å²) < 4.78 is 36.5. The number of nitrogens with zero attached hydrogens (tertiary/aromatic N) is 2. The summed E-state index contributed by atoms with van der Waals surface area (Å²) >= 11 is 10.1. The number of aromatic nitrogens is 1. The van der Waals surface area contributed by atoms with E-state index in [1.54, 1.807) is 18.2 Å². The first-order chi connectivity index (χ1) is 22.3. The summed E-state index contributed by atoms with van der Waals surface area (Å²) in [6, 6.07) is 22.5. The van der Waals surface area contributed by atoms with Crippen LogP contribution in [0.1, 0.15) is 38.8 Å². The van der Waals surface area contributed by atoms with Gasteiger partial charge in [0, 0.05) is 27.1 Å². The summed E-state index contributed by atoms with van der Waals surface area (Å²) in [5.74, 6) is 2.83. The molecule has 0 saturated carbocycles. The molecule has 0 unspecified atom stereocenters. The van der Waals surface area contributed by atoms with Crippen molar-refractivity contribution < 1.29 is 32.9 Å². The van der Waals surface area contributed by atoms with E-state index in [4.69, 9.17) is 39.7 Å². The van der Waals surface area contributed by atoms with E-state index in [1.165, 1.54) is 13.3 Å². The molecule has 0 aliphatic carbocycles. The van der Waals surface area contributed by atoms with Gasteiger partial charge in [0.2, 0.25) is 6.79 Å². The van der Waals surface area contributed by atoms with Gasteiger partial charge in [0.15, 0.2) is 28.8 Å². The molecule has 236 valence electrons. The number of rotatable bonds is 11. The van der Waals surface area contributed by atoms with Crippen LogP contribution < -0.4 is 29.1 Å². The van der Waals surface area contributed by atoms with Crippen LogP contribution >= 0.6 is 27.5 Å². The molecule has 0 fully saturated rings. The Morgan fingerprint density at radius 3 is 2.50 bits per heavy atom. The van der Waals surface area contributed by atoms with Crippen LogP contribution in [-0.4, -0.2) is 30.6 Å². The van der Waals surface area contributed by atoms with E-state index >= 15 is 0 Å². The molecule has 1 aliphatic heterocycles. The highest BCUT2D eigenvalue weighted by molar-refractivity contribution is 9.10. The predicted molar refractivity (Wildman–Crippen MR) is 176 cm³/mol. The molecule has 0 saturated heterocycles. The first kappa shape index (κ1) is 31.1. The van der Waals surface area contributed by atoms with E-state index in [2.05, 4.69) is 57.0 Å². The maximum Gasteiger partial charge on any atom is 0.307 e. The zero-order chi connectivity index (χ0) is 32.2. The zero-order valence-corrected chi connectivity index (χ0v) is 27.5. The predicted octanol–water partition coefficient (Wildman–Crippen LogP) is 7.76. The van der Waals surface area contributed by atoms with Gasteiger partial charge >= 0.3 is 5.91 Å². The Balaban J connectivity index is 1.04. The molecular weight excluding hydrogens is 678 g/mol. The van der Waals surface area contributed by atoms with E-state index in [1.807, 2.05) is 42.5 Å². The van der Waals surface area contributed by atoms with Crippen LogP contribution in [0.25, 0.3) is 5.69 Å². The molecule has 10 nitrogen and oxygen atoms in total. The number of fused-ring (bicyclic) bond motifs is 1. The zero-order valence-electron chi connectivity index (χ0n) is 25.1. The largest absolute Gasteiger partial charge is 0.493 e. The molecule has 1 amide bonds. The number of amides is 1. The first-order valence-corrected chi connectivity index (χ1v) is 15.4. The average molecular weight is 707 g/mol. The number of hydrogen-bond donors (Lipinski definition) is 1. The van der Waals surface area contributed by atoms with Crippen LogP contribution in [0.5, 0.6) is 28.7 Å². The maximum atomic E-state index is 12.7. The van der Waals surface area contributed by atoms with Gasteiger partial charge in [0.1, 0.15) is 29.7 Å². The lowest BCUT2D eigenvalue weighted by molar-refractivity contribution is 0.0923. The average Bonchev–Trinajstić information content (AvgIpc) is 3.82. The molecule has 1 aliphatic rings. The number of benzene rings is 3. The number of ether oxygens (including phenoxy) is 5. The van der Waals surface area contributed by atoms with E-state index in [0.717, 1.165) is 22.6 Å². The van der Waals surface area contributed by atoms with Crippen molar-refractivity contribution in [3.63, 3.8) is 0 Å². The van der Waals surface area contributed by atoms with Crippen molar-refractivity contribution in [1.82, 2.24) is 9.99 Å². The maximum absolute atomic E-state index is 12.7. The van der Waals surface area contributed by atoms with Gasteiger partial charge in [-0.3, -0.25) is 4.79 Å². The number of carbonyl (C=O) groups is 1. The molecule has 1 N–H and O–H groups in total. The molecule has 6 rings (SSSR count). The van der Waals surface area contributed by atoms with Crippen LogP contribution in [0.15, 0.2) is 86.8 Å². The Labute approximate surface area is 278 Å². The lowest BCUT2D eigenvalue weighted by Gasteiger charge is -2.15. The Morgan fingerprint density at radius 2 is 1.74 bits per heavy atom. The lowest BCUT2D eigenvalue weighted by Crippen LogP contribution is -2.16. The number of methoxy groups -OCH3 is 1. The Morgan fingerprint density at radius 1 is 0.978 bits per heavy atom. The van der Waals surface area contributed by atoms with Crippen LogP contribution in [0.2, 0.25) is 5.02 Å². The van der Waals surface area contributed by atoms with E-state index in [0.29, 0.717) is 44.5 Å². The van der Waals surface area contributed by atoms with Crippen molar-refractivity contribution in [3.8, 4) is 34.4 Å². The molecular formula is C34H29BrClN3O7. The fourth-order valence-electron chi connectivity index (χ4n) is 4.89. The molecule has 0 spiro atoms. The van der Waals surface area contributed by atoms with Gasteiger partial charge in [-0.2, -0.15) is 5.10 Å². The summed E-state index contributed by atoms with van der Waals surface area (Å²) in [6.07, 6.45) is 1.44. The number of aryl methyl sites for hydroxylation is 2. The molecule has 0 radical (unpaired) electrons. The van der Waals surface area contributed by atoms with Gasteiger partial charge < -0.3 is 32.7 Å². The van der Waals surface area contributed by atoms with Gasteiger partial charge in [-0.05, 0) is 102 Å². The lowest BCUT2D eigenvalue weighted by atomic mass is 10.2. The van der Waals surface area contributed by atoms with Crippen molar-refractivity contribution in [2.45, 2.75) is 27.1 Å². The van der Waals surface area contributed by atoms with Crippen molar-refractivity contribution in [2.75, 3.05) is 13.9 Å². The van der Waals surface area contributed by atoms with Crippen LogP contribution in [-0.2, 0) is 13.2 Å². The van der Waals surface area contributed by atoms with Crippen LogP contribution in [0.3, 0.4) is 0 Å². The Hall–Kier alpha value is -4.87. The monoisotopic (exact) mass is 705 g/mol. The van der Waals surface area contributed by atoms with Gasteiger partial charge in [-0.25, -0.2) is 5.43 Å². The molecule has 3 aromatic carbocycles. The minimum absolute atomic E-state index is 0.0894. The minimum Gasteiger partial charge on any atom is -0.493 e. The number of nitrogens with one attached hydrogen (secondary N) is 1. The highest BCUT2D eigenvalue weighted by atomic mass is 79.9. The number of carbonyl (C=O) groups excluding carboxylic acids is 1. The third kappa shape index (κ3) is 6.70. The standard InChI is InChI=1S/C34H29BrClN3O7/c1-20-4-5-21(2)39(20)24-7-9-25(10-8-24)42-18-26-11-13-28(46-26)34(40)38-37-16-23-15-30(41-3)33(32(36)31(23)35)43-17-22-6-12-27-29(14-22)45-19-44-27/h4-16H,17-19H2,1-3H3,(H,38,40)/b37-16+. The summed E-state index contributed by atoms with van der Waals surface area (Å²) in [7, 11) is 1.51. The highest BCUT2D eigenvalue weighted by Crippen LogP contribution is 2.43. The quantitative estimate of drug-likeness (QED) is 0.111. The smallest absolute Gasteiger partial charge is 0.307 e. The van der Waals surface area contributed by atoms with Crippen molar-refractivity contribution in [2.24, 2.45) is 5.10 Å². The number of halogens is 2. The Bertz CT molecular complexity index is 1900. The molecule has 2 aromatic heterocycles. The third-order valence-corrected chi connectivity index (χ3v) is 8.64. The SMILES string of the molecule is COc1cc(/C=N/NC(=O)c2ccc(COc3ccc(-n4c(C)ccc4C)cc3)o2)c(Br)c(Cl)c1OCc1ccc2c(c1)OCO2. The normalized spacial score (nSPS) is 12.0. The third-order valence-electron chi connectivity index (χ3n) is 7.20. The minimum atomic E-state index is -0.526. The van der Waals surface area contributed by atoms with Gasteiger partial charge in [0.25, 0.3) is 0 Å². The van der Waals surface area contributed by atoms with Crippen LogP contribution in [0, 0.1) is 13.8 Å². The van der Waals surface area contributed by atoms with Gasteiger partial charge in [-0.1, -0.05) is 17.7 Å². The second-order valence-corrected chi connectivity index (χ2v) is 11.5. The first-order valence-electron chi connectivity index (χ1n) is 14.2. The fraction of sp³-hybridized carbons (Fsp3) is 0.176. The topological polar surface area (TPSA) is 106 Å². The highest BCUT2D eigenvalue weighted by Gasteiger charge is 2.19. The van der Waals surface area contributed by atoms with E-state index in [-0.39, 0.29) is 30.8 Å². The van der Waals surface area contributed by atoms with E-state index < -0.39 is 5.91 Å². The second kappa shape index (κ2) is 13.6. The summed E-state index contributed by atoms with van der Waals surface area (Å²) in [5, 5.41) is 4.35.